The molecule has 27 heavy (non-hydrogen) atoms. The van der Waals surface area contributed by atoms with Gasteiger partial charge in [-0.15, -0.1) is 0 Å². The summed E-state index contributed by atoms with van der Waals surface area (Å²) in [6.45, 7) is 0. The van der Waals surface area contributed by atoms with Crippen LogP contribution in [0, 0.1) is 10.1 Å². The summed E-state index contributed by atoms with van der Waals surface area (Å²) in [4.78, 5) is 9.96. The van der Waals surface area contributed by atoms with Gasteiger partial charge in [-0.2, -0.15) is 0 Å². The molecule has 0 radical (unpaired) electrons. The second-order valence-corrected chi connectivity index (χ2v) is 9.92. The molecular weight excluding hydrogens is 441 g/mol. The zero-order chi connectivity index (χ0) is 20.0. The molecule has 2 aromatic carbocycles. The largest absolute Gasteiger partial charge is 0.293 e. The van der Waals surface area contributed by atoms with Crippen molar-refractivity contribution in [3.05, 3.63) is 61.6 Å². The lowest BCUT2D eigenvalue weighted by molar-refractivity contribution is -0.383. The van der Waals surface area contributed by atoms with Crippen LogP contribution < -0.4 is 9.44 Å². The number of sulfonamides is 2. The molecule has 4 rings (SSSR count). The zero-order valence-corrected chi connectivity index (χ0v) is 16.4. The van der Waals surface area contributed by atoms with Crippen LogP contribution in [0.3, 0.4) is 0 Å². The van der Waals surface area contributed by atoms with Crippen LogP contribution in [0.5, 0.6) is 0 Å². The molecule has 2 heterocycles. The Hall–Kier alpha value is -2.08. The van der Waals surface area contributed by atoms with E-state index >= 15 is 0 Å². The summed E-state index contributed by atoms with van der Waals surface area (Å²) in [5.74, 6) is -0.329. The van der Waals surface area contributed by atoms with Crippen molar-refractivity contribution in [3.63, 3.8) is 0 Å². The van der Waals surface area contributed by atoms with E-state index in [2.05, 4.69) is 9.44 Å². The van der Waals surface area contributed by atoms with E-state index in [0.29, 0.717) is 16.3 Å². The maximum absolute atomic E-state index is 11.2. The third kappa shape index (κ3) is 4.10. The van der Waals surface area contributed by atoms with Crippen LogP contribution in [0.4, 0.5) is 17.1 Å². The second-order valence-electron chi connectivity index (χ2n) is 5.67. The minimum absolute atomic E-state index is 0.0119. The summed E-state index contributed by atoms with van der Waals surface area (Å²) in [5, 5.41) is 11.3. The van der Waals surface area contributed by atoms with Crippen molar-refractivity contribution in [3.8, 4) is 0 Å². The smallest absolute Gasteiger partial charge is 0.283 e. The van der Waals surface area contributed by atoms with E-state index in [1.165, 1.54) is 12.1 Å². The third-order valence-corrected chi connectivity index (χ3v) is 6.83. The van der Waals surface area contributed by atoms with Crippen LogP contribution in [0.25, 0.3) is 0 Å². The van der Waals surface area contributed by atoms with Gasteiger partial charge < -0.3 is 0 Å². The highest BCUT2D eigenvalue weighted by Gasteiger charge is 2.32. The number of hydrogen-bond acceptors (Lipinski definition) is 6. The normalized spacial score (nSPS) is 17.6. The molecular formula is C14H11Cl2N3O6S2. The molecule has 0 atom stereocenters. The molecule has 2 N–H and O–H groups in total. The van der Waals surface area contributed by atoms with E-state index in [4.69, 9.17) is 23.2 Å². The van der Waals surface area contributed by atoms with Gasteiger partial charge in [-0.05, 0) is 18.2 Å². The lowest BCUT2D eigenvalue weighted by Crippen LogP contribution is -2.06. The number of fused-ring (bicyclic) bond motifs is 2. The van der Waals surface area contributed by atoms with E-state index in [1.54, 1.807) is 18.2 Å². The first-order valence-corrected chi connectivity index (χ1v) is 11.3. The second kappa shape index (κ2) is 6.82. The lowest BCUT2D eigenvalue weighted by Gasteiger charge is -2.00. The first-order valence-electron chi connectivity index (χ1n) is 7.23. The Bertz CT molecular complexity index is 1170. The molecule has 0 aromatic heterocycles. The predicted octanol–water partition coefficient (Wildman–Crippen LogP) is 3.10. The Morgan fingerprint density at radius 3 is 2.11 bits per heavy atom. The highest BCUT2D eigenvalue weighted by atomic mass is 35.5. The van der Waals surface area contributed by atoms with Gasteiger partial charge in [-0.25, -0.2) is 16.8 Å². The van der Waals surface area contributed by atoms with Crippen molar-refractivity contribution in [1.29, 1.82) is 0 Å². The topological polar surface area (TPSA) is 135 Å². The molecule has 0 aliphatic carbocycles. The summed E-state index contributed by atoms with van der Waals surface area (Å²) >= 11 is 11.5. The molecule has 0 fully saturated rings. The number of nitro benzene ring substituents is 1. The lowest BCUT2D eigenvalue weighted by atomic mass is 10.2. The fourth-order valence-corrected chi connectivity index (χ4v) is 5.80. The number of hydrogen-bond donors (Lipinski definition) is 2. The molecule has 0 saturated heterocycles. The van der Waals surface area contributed by atoms with Gasteiger partial charge in [-0.1, -0.05) is 29.3 Å². The molecule has 0 bridgehead atoms. The van der Waals surface area contributed by atoms with Gasteiger partial charge in [0.25, 0.3) is 5.69 Å². The van der Waals surface area contributed by atoms with Gasteiger partial charge in [0.1, 0.15) is 5.69 Å². The number of nitrogens with one attached hydrogen (secondary N) is 2. The van der Waals surface area contributed by atoms with Gasteiger partial charge in [0.05, 0.1) is 22.1 Å². The monoisotopic (exact) mass is 451 g/mol. The highest BCUT2D eigenvalue weighted by Crippen LogP contribution is 2.39. The first-order chi connectivity index (χ1) is 12.5. The summed E-state index contributed by atoms with van der Waals surface area (Å²) in [6, 6.07) is 7.60. The molecule has 144 valence electrons. The Kier molecular flexibility index (Phi) is 4.97. The van der Waals surface area contributed by atoms with Crippen molar-refractivity contribution in [2.45, 2.75) is 11.5 Å². The van der Waals surface area contributed by atoms with Crippen molar-refractivity contribution in [2.24, 2.45) is 0 Å². The van der Waals surface area contributed by atoms with Crippen molar-refractivity contribution < 1.29 is 21.8 Å². The Labute approximate surface area is 164 Å². The van der Waals surface area contributed by atoms with E-state index in [-0.39, 0.29) is 33.5 Å². The van der Waals surface area contributed by atoms with Crippen LogP contribution in [-0.2, 0) is 31.6 Å². The van der Waals surface area contributed by atoms with Crippen molar-refractivity contribution >= 4 is 60.3 Å². The molecule has 13 heteroatoms. The van der Waals surface area contributed by atoms with Crippen molar-refractivity contribution in [1.82, 2.24) is 0 Å². The fraction of sp³-hybridized carbons (Fsp3) is 0.143. The highest BCUT2D eigenvalue weighted by molar-refractivity contribution is 7.92. The van der Waals surface area contributed by atoms with Crippen LogP contribution in [-0.4, -0.2) is 21.8 Å². The molecule has 0 amide bonds. The zero-order valence-electron chi connectivity index (χ0n) is 13.3. The maximum atomic E-state index is 11.2. The average Bonchev–Trinajstić information content (AvgIpc) is 3.04. The SMILES string of the molecule is O=S1(=O)Cc2c(Cl)cccc2N1.O=[N+]([O-])c1ccc(Cl)c2c1NS(=O)(=O)C2. The molecule has 0 saturated carbocycles. The minimum Gasteiger partial charge on any atom is -0.283 e. The Morgan fingerprint density at radius 2 is 1.48 bits per heavy atom. The molecule has 0 spiro atoms. The number of anilines is 2. The van der Waals surface area contributed by atoms with Gasteiger partial charge in [0, 0.05) is 27.2 Å². The summed E-state index contributed by atoms with van der Waals surface area (Å²) < 4.78 is 49.1. The quantitative estimate of drug-likeness (QED) is 0.504. The summed E-state index contributed by atoms with van der Waals surface area (Å²) in [7, 11) is -6.69. The van der Waals surface area contributed by atoms with E-state index in [0.717, 1.165) is 0 Å². The fourth-order valence-electron chi connectivity index (χ4n) is 2.59. The third-order valence-electron chi connectivity index (χ3n) is 3.74. The number of nitrogens with zero attached hydrogens (tertiary/aromatic N) is 1. The molecule has 2 aliphatic heterocycles. The number of halogens is 2. The van der Waals surface area contributed by atoms with E-state index < -0.39 is 25.0 Å². The molecule has 2 aliphatic rings. The number of benzene rings is 2. The van der Waals surface area contributed by atoms with Gasteiger partial charge in [0.15, 0.2) is 0 Å². The predicted molar refractivity (Wildman–Crippen MR) is 102 cm³/mol. The van der Waals surface area contributed by atoms with Gasteiger partial charge >= 0.3 is 0 Å². The van der Waals surface area contributed by atoms with Crippen LogP contribution in [0.15, 0.2) is 30.3 Å². The molecule has 9 nitrogen and oxygen atoms in total. The van der Waals surface area contributed by atoms with E-state index in [1.807, 2.05) is 0 Å². The number of nitro groups is 1. The van der Waals surface area contributed by atoms with Crippen LogP contribution in [0.1, 0.15) is 11.1 Å². The summed E-state index contributed by atoms with van der Waals surface area (Å²) in [6.07, 6.45) is 0. The first kappa shape index (κ1) is 19.7. The van der Waals surface area contributed by atoms with Crippen LogP contribution >= 0.6 is 23.2 Å². The van der Waals surface area contributed by atoms with Crippen LogP contribution in [0.2, 0.25) is 10.0 Å². The van der Waals surface area contributed by atoms with E-state index in [9.17, 15) is 26.9 Å². The van der Waals surface area contributed by atoms with Gasteiger partial charge in [-0.3, -0.25) is 19.6 Å². The molecule has 0 unspecified atom stereocenters. The molecule has 2 aromatic rings. The Balaban J connectivity index is 0.000000159. The standard InChI is InChI=1S/C7H5ClN2O4S.C7H6ClNO2S/c8-5-1-2-6(10(11)12)7-4(5)3-15(13,14)9-7;8-6-2-1-3-7-5(6)4-12(10,11)9-7/h1-2,9H,3H2;1-3,9H,4H2. The maximum Gasteiger partial charge on any atom is 0.293 e. The summed E-state index contributed by atoms with van der Waals surface area (Å²) in [5.41, 5.74) is 1.22. The minimum atomic E-state index is -3.52. The van der Waals surface area contributed by atoms with Gasteiger partial charge in [0.2, 0.25) is 20.0 Å². The Morgan fingerprint density at radius 1 is 0.889 bits per heavy atom. The average molecular weight is 452 g/mol. The number of rotatable bonds is 1. The van der Waals surface area contributed by atoms with Crippen molar-refractivity contribution in [2.75, 3.05) is 9.44 Å².